The Bertz CT molecular complexity index is 1460. The van der Waals surface area contributed by atoms with Gasteiger partial charge in [0.25, 0.3) is 5.91 Å². The number of nitrogens with one attached hydrogen (secondary N) is 1. The summed E-state index contributed by atoms with van der Waals surface area (Å²) in [6.45, 7) is 0.889. The number of anilines is 2. The zero-order valence-electron chi connectivity index (χ0n) is 19.1. The summed E-state index contributed by atoms with van der Waals surface area (Å²) in [7, 11) is -3.77. The molecule has 1 saturated carbocycles. The van der Waals surface area contributed by atoms with E-state index in [0.717, 1.165) is 28.5 Å². The molecule has 11 heteroatoms. The van der Waals surface area contributed by atoms with Crippen LogP contribution in [0.1, 0.15) is 34.3 Å². The van der Waals surface area contributed by atoms with Gasteiger partial charge in [-0.2, -0.15) is 0 Å². The number of fused-ring (bicyclic) bond motifs is 1. The van der Waals surface area contributed by atoms with Crippen LogP contribution in [0.3, 0.4) is 0 Å². The molecule has 1 N–H and O–H groups in total. The minimum atomic E-state index is -3.77. The maximum absolute atomic E-state index is 13.1. The molecule has 1 aliphatic carbocycles. The lowest BCUT2D eigenvalue weighted by Crippen LogP contribution is -2.43. The molecule has 0 atom stereocenters. The summed E-state index contributed by atoms with van der Waals surface area (Å²) in [6, 6.07) is 11.3. The molecule has 36 heavy (non-hydrogen) atoms. The Morgan fingerprint density at radius 3 is 2.61 bits per heavy atom. The topological polar surface area (TPSA) is 114 Å². The van der Waals surface area contributed by atoms with Crippen molar-refractivity contribution in [2.45, 2.75) is 29.9 Å². The van der Waals surface area contributed by atoms with E-state index in [9.17, 15) is 22.8 Å². The van der Waals surface area contributed by atoms with E-state index in [1.165, 1.54) is 37.2 Å². The number of Topliss-reactive ketones (excluding diaryl/α,β-unsaturated/α-hetero) is 1. The summed E-state index contributed by atoms with van der Waals surface area (Å²) < 4.78 is 25.2. The molecule has 3 aromatic rings. The molecule has 2 amide bonds. The molecule has 0 spiro atoms. The van der Waals surface area contributed by atoms with Gasteiger partial charge in [-0.25, -0.2) is 18.3 Å². The smallest absolute Gasteiger partial charge is 0.266 e. The molecule has 0 saturated heterocycles. The van der Waals surface area contributed by atoms with Gasteiger partial charge < -0.3 is 5.32 Å². The fourth-order valence-electron chi connectivity index (χ4n) is 4.03. The van der Waals surface area contributed by atoms with Gasteiger partial charge in [-0.1, -0.05) is 17.7 Å². The number of imide groups is 1. The highest BCUT2D eigenvalue weighted by Crippen LogP contribution is 2.31. The highest BCUT2D eigenvalue weighted by molar-refractivity contribution is 7.94. The number of hydrogen-bond acceptors (Lipinski definition) is 8. The molecule has 2 aromatic heterocycles. The van der Waals surface area contributed by atoms with Crippen LogP contribution in [-0.2, 0) is 32.3 Å². The number of rotatable bonds is 9. The molecule has 1 aromatic carbocycles. The fourth-order valence-corrected chi connectivity index (χ4v) is 6.84. The lowest BCUT2D eigenvalue weighted by molar-refractivity contribution is -0.118. The number of ketones is 1. The van der Waals surface area contributed by atoms with Gasteiger partial charge >= 0.3 is 0 Å². The summed E-state index contributed by atoms with van der Waals surface area (Å²) in [4.78, 5) is 43.6. The van der Waals surface area contributed by atoms with Crippen LogP contribution in [-0.4, -0.2) is 43.3 Å². The number of pyridine rings is 1. The zero-order valence-corrected chi connectivity index (χ0v) is 21.5. The van der Waals surface area contributed by atoms with Crippen molar-refractivity contribution >= 4 is 61.9 Å². The van der Waals surface area contributed by atoms with E-state index in [1.807, 2.05) is 12.1 Å². The third kappa shape index (κ3) is 5.35. The van der Waals surface area contributed by atoms with Crippen molar-refractivity contribution in [1.82, 2.24) is 4.98 Å². The summed E-state index contributed by atoms with van der Waals surface area (Å²) in [6.07, 6.45) is 3.77. The van der Waals surface area contributed by atoms with Crippen LogP contribution in [0.25, 0.3) is 0 Å². The van der Waals surface area contributed by atoms with Crippen LogP contribution in [0.4, 0.5) is 11.5 Å². The molecule has 186 valence electrons. The number of hydrogen-bond donors (Lipinski definition) is 1. The monoisotopic (exact) mass is 543 g/mol. The predicted molar refractivity (Wildman–Crippen MR) is 138 cm³/mol. The number of amides is 2. The van der Waals surface area contributed by atoms with Crippen LogP contribution in [0, 0.1) is 5.92 Å². The maximum atomic E-state index is 13.1. The summed E-state index contributed by atoms with van der Waals surface area (Å²) in [5.74, 6) is -1.13. The first-order chi connectivity index (χ1) is 17.2. The van der Waals surface area contributed by atoms with Crippen LogP contribution in [0.15, 0.2) is 52.9 Å². The highest BCUT2D eigenvalue weighted by atomic mass is 35.5. The molecule has 0 unspecified atom stereocenters. The van der Waals surface area contributed by atoms with Crippen molar-refractivity contribution in [3.8, 4) is 0 Å². The molecule has 1 aliphatic heterocycles. The first-order valence-corrected chi connectivity index (χ1v) is 14.2. The average molecular weight is 544 g/mol. The number of benzene rings is 1. The number of sulfone groups is 1. The van der Waals surface area contributed by atoms with Gasteiger partial charge in [-0.3, -0.25) is 14.4 Å². The van der Waals surface area contributed by atoms with Gasteiger partial charge in [0.15, 0.2) is 15.6 Å². The number of nitrogens with zero attached hydrogens (tertiary/aromatic N) is 2. The number of thiophene rings is 1. The van der Waals surface area contributed by atoms with E-state index < -0.39 is 27.3 Å². The minimum absolute atomic E-state index is 0.0440. The molecule has 1 fully saturated rings. The lowest BCUT2D eigenvalue weighted by Gasteiger charge is -2.26. The molecule has 0 radical (unpaired) electrons. The molecule has 5 rings (SSSR count). The fraction of sp³-hybridized carbons (Fsp3) is 0.280. The van der Waals surface area contributed by atoms with Crippen molar-refractivity contribution in [2.75, 3.05) is 22.5 Å². The number of aromatic nitrogens is 1. The van der Waals surface area contributed by atoms with Crippen LogP contribution >= 0.6 is 22.9 Å². The van der Waals surface area contributed by atoms with Gasteiger partial charge in [0.05, 0.1) is 10.8 Å². The van der Waals surface area contributed by atoms with Crippen LogP contribution in [0.2, 0.25) is 4.34 Å². The largest absolute Gasteiger partial charge is 0.385 e. The first kappa shape index (κ1) is 24.6. The van der Waals surface area contributed by atoms with E-state index in [-0.39, 0.29) is 28.8 Å². The van der Waals surface area contributed by atoms with Crippen LogP contribution < -0.4 is 10.2 Å². The quantitative estimate of drug-likeness (QED) is 0.407. The molecule has 8 nitrogen and oxygen atoms in total. The van der Waals surface area contributed by atoms with Crippen molar-refractivity contribution in [1.29, 1.82) is 0 Å². The Labute approximate surface area is 217 Å². The summed E-state index contributed by atoms with van der Waals surface area (Å²) >= 11 is 6.70. The van der Waals surface area contributed by atoms with E-state index in [2.05, 4.69) is 10.3 Å². The Hall–Kier alpha value is -3.08. The Morgan fingerprint density at radius 1 is 1.14 bits per heavy atom. The number of halogens is 1. The maximum Gasteiger partial charge on any atom is 0.266 e. The van der Waals surface area contributed by atoms with Gasteiger partial charge in [-0.15, -0.1) is 11.3 Å². The van der Waals surface area contributed by atoms with Gasteiger partial charge in [0.2, 0.25) is 5.91 Å². The van der Waals surface area contributed by atoms with Crippen molar-refractivity contribution in [3.05, 3.63) is 69.7 Å². The van der Waals surface area contributed by atoms with Crippen molar-refractivity contribution < 1.29 is 22.8 Å². The van der Waals surface area contributed by atoms with Crippen LogP contribution in [0.5, 0.6) is 0 Å². The standard InChI is InChI=1S/C25H22ClN3O5S2/c26-21-6-8-24(35-21)36(33,34)14-19(30)9-16-3-7-22(28-13-16)29-23(31)11-17-10-18(27-12-15-1-2-15)4-5-20(17)25(29)32/h3-8,10,13,15,27H,1-2,9,11-12,14H2. The van der Waals surface area contributed by atoms with E-state index in [4.69, 9.17) is 11.6 Å². The number of carbonyl (C=O) groups is 3. The molecule has 2 aliphatic rings. The van der Waals surface area contributed by atoms with E-state index in [1.54, 1.807) is 12.1 Å². The van der Waals surface area contributed by atoms with E-state index >= 15 is 0 Å². The second-order valence-electron chi connectivity index (χ2n) is 8.97. The molecular formula is C25H22ClN3O5S2. The van der Waals surface area contributed by atoms with Gasteiger partial charge in [0, 0.05) is 30.4 Å². The minimum Gasteiger partial charge on any atom is -0.385 e. The first-order valence-electron chi connectivity index (χ1n) is 11.4. The van der Waals surface area contributed by atoms with Gasteiger partial charge in [-0.05, 0) is 66.3 Å². The number of carbonyl (C=O) groups excluding carboxylic acids is 3. The van der Waals surface area contributed by atoms with Crippen molar-refractivity contribution in [2.24, 2.45) is 5.92 Å². The molecular weight excluding hydrogens is 522 g/mol. The predicted octanol–water partition coefficient (Wildman–Crippen LogP) is 3.93. The third-order valence-electron chi connectivity index (χ3n) is 6.07. The Morgan fingerprint density at radius 2 is 1.94 bits per heavy atom. The van der Waals surface area contributed by atoms with Gasteiger partial charge in [0.1, 0.15) is 15.8 Å². The summed E-state index contributed by atoms with van der Waals surface area (Å²) in [5.41, 5.74) is 2.50. The van der Waals surface area contributed by atoms with Crippen molar-refractivity contribution in [3.63, 3.8) is 0 Å². The normalized spacial score (nSPS) is 15.6. The highest BCUT2D eigenvalue weighted by Gasteiger charge is 2.33. The third-order valence-corrected chi connectivity index (χ3v) is 9.56. The Balaban J connectivity index is 1.25. The molecule has 0 bridgehead atoms. The second-order valence-corrected chi connectivity index (χ2v) is 12.9. The summed E-state index contributed by atoms with van der Waals surface area (Å²) in [5, 5.41) is 3.36. The zero-order chi connectivity index (χ0) is 25.4. The molecule has 3 heterocycles. The second kappa shape index (κ2) is 9.76. The SMILES string of the molecule is O=C(Cc1ccc(N2C(=O)Cc3cc(NCC4CC4)ccc3C2=O)nc1)CS(=O)(=O)c1ccc(Cl)s1. The Kier molecular flexibility index (Phi) is 6.67. The lowest BCUT2D eigenvalue weighted by atomic mass is 9.97. The average Bonchev–Trinajstić information content (AvgIpc) is 3.55. The van der Waals surface area contributed by atoms with E-state index in [0.29, 0.717) is 26.9 Å².